The predicted octanol–water partition coefficient (Wildman–Crippen LogP) is 8.81. The Bertz CT molecular complexity index is 3940. The number of likely N-dealkylation sites (N-methyl/N-ethyl adjacent to an activating group) is 1. The Hall–Kier alpha value is -9.54. The van der Waals surface area contributed by atoms with Gasteiger partial charge < -0.3 is 45.0 Å². The number of piperazine rings is 1. The first-order valence-corrected chi connectivity index (χ1v) is 31.3. The maximum absolute atomic E-state index is 16.7. The summed E-state index contributed by atoms with van der Waals surface area (Å²) in [6.07, 6.45) is 3.07. The van der Waals surface area contributed by atoms with Gasteiger partial charge in [0.2, 0.25) is 35.4 Å². The van der Waals surface area contributed by atoms with E-state index < -0.39 is 94.9 Å². The van der Waals surface area contributed by atoms with Gasteiger partial charge in [-0.2, -0.15) is 5.26 Å². The third-order valence-electron chi connectivity index (χ3n) is 17.4. The van der Waals surface area contributed by atoms with Crippen molar-refractivity contribution in [2.24, 2.45) is 5.92 Å². The van der Waals surface area contributed by atoms with Crippen LogP contribution in [-0.4, -0.2) is 148 Å². The van der Waals surface area contributed by atoms with Gasteiger partial charge in [0.15, 0.2) is 5.75 Å². The van der Waals surface area contributed by atoms with Gasteiger partial charge >= 0.3 is 6.09 Å². The number of halogens is 3. The monoisotopic (exact) mass is 1310 g/mol. The maximum Gasteiger partial charge on any atom is 0.412 e. The van der Waals surface area contributed by atoms with Gasteiger partial charge in [0.1, 0.15) is 41.4 Å². The minimum absolute atomic E-state index is 0.0257. The van der Waals surface area contributed by atoms with Crippen molar-refractivity contribution in [3.63, 3.8) is 0 Å². The van der Waals surface area contributed by atoms with E-state index >= 15 is 8.78 Å². The number of carbonyl (C=O) groups excluding carboxylic acids is 10. The van der Waals surface area contributed by atoms with Crippen LogP contribution in [0.2, 0.25) is 5.02 Å². The number of nitriles is 1. The molecule has 5 aromatic rings. The fraction of sp³-hybridized carbons (Fsp3) is 0.388. The second kappa shape index (κ2) is 28.5. The lowest BCUT2D eigenvalue weighted by molar-refractivity contribution is -0.141. The molecule has 93 heavy (non-hydrogen) atoms. The molecule has 0 saturated carbocycles. The van der Waals surface area contributed by atoms with Crippen LogP contribution in [0.15, 0.2) is 85.5 Å². The molecule has 4 aromatic carbocycles. The lowest BCUT2D eigenvalue weighted by Crippen LogP contribution is -2.57. The maximum atomic E-state index is 16.7. The molecule has 1 saturated heterocycles. The number of benzene rings is 4. The zero-order valence-corrected chi connectivity index (χ0v) is 54.8. The van der Waals surface area contributed by atoms with Crippen LogP contribution in [0, 0.1) is 28.9 Å². The van der Waals surface area contributed by atoms with E-state index in [1.165, 1.54) is 49.1 Å². The van der Waals surface area contributed by atoms with Crippen LogP contribution in [0.3, 0.4) is 0 Å². The van der Waals surface area contributed by atoms with Gasteiger partial charge in [0.25, 0.3) is 17.7 Å². The molecule has 4 atom stereocenters. The Morgan fingerprint density at radius 3 is 2.22 bits per heavy atom. The van der Waals surface area contributed by atoms with Crippen LogP contribution in [-0.2, 0) is 62.5 Å². The number of anilines is 3. The number of amides is 10. The molecule has 10 amide bonds. The molecular formula is C67H73ClF2N10O12S. The summed E-state index contributed by atoms with van der Waals surface area (Å²) in [5.74, 6) is -6.50. The molecule has 4 heterocycles. The molecule has 0 aliphatic carbocycles. The molecule has 0 bridgehead atoms. The summed E-state index contributed by atoms with van der Waals surface area (Å²) in [4.78, 5) is 139. The van der Waals surface area contributed by atoms with Crippen molar-refractivity contribution >= 4 is 109 Å². The van der Waals surface area contributed by atoms with E-state index in [4.69, 9.17) is 21.1 Å². The van der Waals surface area contributed by atoms with Crippen LogP contribution in [0.25, 0.3) is 21.2 Å². The minimum Gasteiger partial charge on any atom is -0.491 e. The molecule has 2 unspecified atom stereocenters. The average Bonchev–Trinajstić information content (AvgIpc) is 1.72. The highest BCUT2D eigenvalue weighted by molar-refractivity contribution is 7.23. The Morgan fingerprint density at radius 1 is 0.892 bits per heavy atom. The number of nitrogens with one attached hydrogen (secondary N) is 4. The Labute approximate surface area is 545 Å². The largest absolute Gasteiger partial charge is 0.491 e. The summed E-state index contributed by atoms with van der Waals surface area (Å²) >= 11 is 7.65. The molecular weight excluding hydrogens is 1240 g/mol. The fourth-order valence-electron chi connectivity index (χ4n) is 11.4. The normalized spacial score (nSPS) is 15.9. The van der Waals surface area contributed by atoms with E-state index in [-0.39, 0.29) is 117 Å². The minimum atomic E-state index is -1.15. The number of rotatable bonds is 21. The summed E-state index contributed by atoms with van der Waals surface area (Å²) in [7, 11) is 3.26. The highest BCUT2D eigenvalue weighted by Crippen LogP contribution is 2.48. The molecule has 0 spiro atoms. The van der Waals surface area contributed by atoms with Crippen molar-refractivity contribution in [1.82, 2.24) is 30.2 Å². The molecule has 1 aromatic heterocycles. The Balaban J connectivity index is 1.01. The van der Waals surface area contributed by atoms with Crippen LogP contribution in [0.1, 0.15) is 107 Å². The van der Waals surface area contributed by atoms with E-state index in [1.807, 2.05) is 19.9 Å². The molecule has 3 aliphatic rings. The molecule has 4 N–H and O–H groups in total. The fourth-order valence-corrected chi connectivity index (χ4v) is 12.8. The third-order valence-corrected chi connectivity index (χ3v) is 18.9. The molecule has 490 valence electrons. The number of hydrogen-bond donors (Lipinski definition) is 4. The van der Waals surface area contributed by atoms with Crippen molar-refractivity contribution in [3.05, 3.63) is 130 Å². The van der Waals surface area contributed by atoms with Crippen molar-refractivity contribution in [3.8, 4) is 22.9 Å². The zero-order chi connectivity index (χ0) is 68.1. The van der Waals surface area contributed by atoms with Gasteiger partial charge in [-0.05, 0) is 111 Å². The molecule has 0 radical (unpaired) electrons. The van der Waals surface area contributed by atoms with E-state index in [0.29, 0.717) is 46.6 Å². The van der Waals surface area contributed by atoms with Gasteiger partial charge in [-0.15, -0.1) is 11.3 Å². The number of hydrogen-bond acceptors (Lipinski definition) is 14. The Kier molecular flexibility index (Phi) is 21.3. The first-order valence-electron chi connectivity index (χ1n) is 30.1. The van der Waals surface area contributed by atoms with E-state index in [2.05, 4.69) is 27.8 Å². The van der Waals surface area contributed by atoms with Crippen molar-refractivity contribution in [2.45, 2.75) is 123 Å². The van der Waals surface area contributed by atoms with Crippen molar-refractivity contribution < 1.29 is 66.2 Å². The molecule has 22 nitrogen and oxygen atoms in total. The van der Waals surface area contributed by atoms with Crippen LogP contribution in [0.4, 0.5) is 30.0 Å². The van der Waals surface area contributed by atoms with Crippen molar-refractivity contribution in [2.75, 3.05) is 55.9 Å². The highest BCUT2D eigenvalue weighted by Gasteiger charge is 2.40. The first kappa shape index (κ1) is 69.4. The lowest BCUT2D eigenvalue weighted by Gasteiger charge is -2.42. The van der Waals surface area contributed by atoms with E-state index in [9.17, 15) is 53.2 Å². The zero-order valence-electron chi connectivity index (χ0n) is 53.2. The predicted molar refractivity (Wildman–Crippen MR) is 346 cm³/mol. The SMILES string of the molecule is C=CC(=O)N1CCN2C(=O)c3cc(F)c(-c4ccc(F)c5sc(NC(=O)OCc6ccc(NC(=O)[C@H](C)NC(=O)[C@@H](NC(=O)Cc7ccc(N8C(=O)C=CC8=O)cc7)C(C)C)cc6CC(C)(CC)N(C)C(=O)CC(C)(C)N(C)C(C)=O)c(C#N)c45)c(Cl)c3OCCC2C1. The summed E-state index contributed by atoms with van der Waals surface area (Å²) in [5.41, 5.74) is -0.531. The first-order chi connectivity index (χ1) is 43.9. The van der Waals surface area contributed by atoms with Gasteiger partial charge in [-0.25, -0.2) is 18.5 Å². The second-order valence-corrected chi connectivity index (χ2v) is 25.7. The topological polar surface area (TPSA) is 277 Å². The summed E-state index contributed by atoms with van der Waals surface area (Å²) in [5, 5.41) is 20.9. The van der Waals surface area contributed by atoms with Gasteiger partial charge in [-0.3, -0.25) is 48.5 Å². The number of nitrogens with zero attached hydrogens (tertiary/aromatic N) is 6. The van der Waals surface area contributed by atoms with Crippen LogP contribution >= 0.6 is 22.9 Å². The number of carbonyl (C=O) groups is 10. The van der Waals surface area contributed by atoms with Crippen LogP contribution < -0.4 is 30.9 Å². The van der Waals surface area contributed by atoms with E-state index in [1.54, 1.807) is 80.8 Å². The summed E-state index contributed by atoms with van der Waals surface area (Å²) in [6, 6.07) is 13.6. The average molecular weight is 1320 g/mol. The van der Waals surface area contributed by atoms with Crippen molar-refractivity contribution in [1.29, 1.82) is 5.26 Å². The number of imide groups is 1. The standard InChI is InChI=1S/C67H73ClF2N10O12S/c1-12-51(83)78-25-26-79-44(34-78)24-27-91-59-46(64(79)89)30-49(70)56(57(59)68)45-20-21-48(69)60-55(45)47(33-71)63(93-60)75-65(90)92-35-40-16-17-42(29-41(40)31-67(9,13-2)77(11)54(86)32-66(7,8)76(10)38(6)81)73-61(87)37(5)72-62(88)58(36(3)4)74-50(82)28-39-14-18-43(19-15-39)80-52(84)22-23-53(80)85/h12,14-23,29-30,36-37,44,58H,1,13,24-28,31-32,34-35H2,2-11H3,(H,72,88)(H,73,87)(H,74,82)(H,75,90)/t37-,44?,58-,67?/m0/s1. The molecule has 26 heteroatoms. The number of fused-ring (bicyclic) bond motifs is 3. The lowest BCUT2D eigenvalue weighted by atomic mass is 9.85. The smallest absolute Gasteiger partial charge is 0.412 e. The quantitative estimate of drug-likeness (QED) is 0.0395. The van der Waals surface area contributed by atoms with Gasteiger partial charge in [0, 0.05) is 93.4 Å². The summed E-state index contributed by atoms with van der Waals surface area (Å²) in [6.45, 7) is 17.3. The molecule has 1 fully saturated rings. The van der Waals surface area contributed by atoms with Crippen LogP contribution in [0.5, 0.6) is 5.75 Å². The van der Waals surface area contributed by atoms with Gasteiger partial charge in [0.05, 0.1) is 45.6 Å². The van der Waals surface area contributed by atoms with Gasteiger partial charge in [-0.1, -0.05) is 63.2 Å². The highest BCUT2D eigenvalue weighted by atomic mass is 35.5. The number of ether oxygens (including phenoxy) is 2. The number of thiophene rings is 1. The second-order valence-electron chi connectivity index (χ2n) is 24.3. The van der Waals surface area contributed by atoms with E-state index in [0.717, 1.165) is 29.2 Å². The molecule has 8 rings (SSSR count). The third kappa shape index (κ3) is 15.0. The molecule has 3 aliphatic heterocycles. The Morgan fingerprint density at radius 2 is 1.58 bits per heavy atom. The summed E-state index contributed by atoms with van der Waals surface area (Å²) < 4.78 is 44.3.